The second kappa shape index (κ2) is 7.47. The van der Waals surface area contributed by atoms with Crippen molar-refractivity contribution in [2.45, 2.75) is 43.8 Å². The Balaban J connectivity index is 1.83. The van der Waals surface area contributed by atoms with E-state index in [-0.39, 0.29) is 17.6 Å². The Morgan fingerprint density at radius 3 is 2.56 bits per heavy atom. The molecule has 1 heterocycles. The van der Waals surface area contributed by atoms with Gasteiger partial charge in [-0.3, -0.25) is 14.4 Å². The molecule has 134 valence electrons. The van der Waals surface area contributed by atoms with Crippen LogP contribution in [0.2, 0.25) is 0 Å². The molecule has 0 bridgehead atoms. The zero-order chi connectivity index (χ0) is 17.9. The van der Waals surface area contributed by atoms with Gasteiger partial charge in [0.1, 0.15) is 11.6 Å². The van der Waals surface area contributed by atoms with Crippen LogP contribution in [-0.4, -0.2) is 45.7 Å². The van der Waals surface area contributed by atoms with E-state index in [9.17, 15) is 14.4 Å². The maximum atomic E-state index is 13.1. The highest BCUT2D eigenvalue weighted by molar-refractivity contribution is 8.00. The summed E-state index contributed by atoms with van der Waals surface area (Å²) in [6.45, 7) is 0.402. The van der Waals surface area contributed by atoms with Gasteiger partial charge in [0, 0.05) is 12.3 Å². The summed E-state index contributed by atoms with van der Waals surface area (Å²) in [7, 11) is 0. The molecule has 3 rings (SSSR count). The predicted octanol–water partition coefficient (Wildman–Crippen LogP) is 1.04. The Morgan fingerprint density at radius 1 is 1.24 bits per heavy atom. The summed E-state index contributed by atoms with van der Waals surface area (Å²) >= 11 is 1.40. The summed E-state index contributed by atoms with van der Waals surface area (Å²) in [6, 6.07) is 8.92. The highest BCUT2D eigenvalue weighted by atomic mass is 32.2. The molecule has 0 spiro atoms. The van der Waals surface area contributed by atoms with Crippen molar-refractivity contribution in [3.05, 3.63) is 35.9 Å². The molecular weight excluding hydrogens is 338 g/mol. The Hall–Kier alpha value is -2.02. The number of hydrogen-bond acceptors (Lipinski definition) is 4. The van der Waals surface area contributed by atoms with Crippen molar-refractivity contribution in [3.63, 3.8) is 0 Å². The molecule has 1 saturated heterocycles. The van der Waals surface area contributed by atoms with E-state index < -0.39 is 17.5 Å². The van der Waals surface area contributed by atoms with E-state index >= 15 is 0 Å². The fourth-order valence-electron chi connectivity index (χ4n) is 3.80. The van der Waals surface area contributed by atoms with Gasteiger partial charge in [0.25, 0.3) is 0 Å². The molecule has 7 heteroatoms. The first kappa shape index (κ1) is 17.8. The monoisotopic (exact) mass is 361 g/mol. The van der Waals surface area contributed by atoms with Gasteiger partial charge in [-0.2, -0.15) is 0 Å². The Bertz CT molecular complexity index is 659. The lowest BCUT2D eigenvalue weighted by Gasteiger charge is -2.45. The van der Waals surface area contributed by atoms with Gasteiger partial charge in [-0.05, 0) is 18.4 Å². The van der Waals surface area contributed by atoms with Crippen LogP contribution in [-0.2, 0) is 20.9 Å². The average molecular weight is 361 g/mol. The van der Waals surface area contributed by atoms with Gasteiger partial charge >= 0.3 is 0 Å². The molecule has 1 saturated carbocycles. The van der Waals surface area contributed by atoms with Crippen molar-refractivity contribution >= 4 is 29.5 Å². The van der Waals surface area contributed by atoms with Crippen molar-refractivity contribution in [1.29, 1.82) is 0 Å². The molecule has 2 fully saturated rings. The molecule has 0 aromatic heterocycles. The number of benzene rings is 1. The Morgan fingerprint density at radius 2 is 1.92 bits per heavy atom. The molecular formula is C18H23N3O3S. The van der Waals surface area contributed by atoms with Gasteiger partial charge in [0.2, 0.25) is 17.7 Å². The van der Waals surface area contributed by atoms with E-state index in [1.807, 2.05) is 30.3 Å². The van der Waals surface area contributed by atoms with Crippen LogP contribution in [0.5, 0.6) is 0 Å². The lowest BCUT2D eigenvalue weighted by Crippen LogP contribution is -2.67. The number of amides is 3. The maximum Gasteiger partial charge on any atom is 0.246 e. The lowest BCUT2D eigenvalue weighted by molar-refractivity contribution is -0.152. The minimum atomic E-state index is -0.952. The third-order valence-corrected chi connectivity index (χ3v) is 6.02. The van der Waals surface area contributed by atoms with Gasteiger partial charge in [-0.1, -0.05) is 43.2 Å². The molecule has 3 amide bonds. The predicted molar refractivity (Wildman–Crippen MR) is 96.6 cm³/mol. The van der Waals surface area contributed by atoms with E-state index in [0.29, 0.717) is 25.1 Å². The third kappa shape index (κ3) is 3.51. The number of nitrogens with two attached hydrogens (primary N) is 1. The quantitative estimate of drug-likeness (QED) is 0.820. The SMILES string of the molecule is NC(=O)C1CSCC(=O)N1C1(C(=O)NCc2ccccc2)CCCC1. The molecule has 1 atom stereocenters. The summed E-state index contributed by atoms with van der Waals surface area (Å²) in [4.78, 5) is 39.1. The summed E-state index contributed by atoms with van der Waals surface area (Å²) in [5.41, 5.74) is 5.58. The van der Waals surface area contributed by atoms with E-state index in [0.717, 1.165) is 18.4 Å². The van der Waals surface area contributed by atoms with E-state index in [2.05, 4.69) is 5.32 Å². The van der Waals surface area contributed by atoms with Crippen molar-refractivity contribution in [3.8, 4) is 0 Å². The zero-order valence-electron chi connectivity index (χ0n) is 14.1. The van der Waals surface area contributed by atoms with Gasteiger partial charge in [-0.25, -0.2) is 0 Å². The maximum absolute atomic E-state index is 13.1. The number of primary amides is 1. The molecule has 1 aromatic rings. The Labute approximate surface area is 151 Å². The number of nitrogens with one attached hydrogen (secondary N) is 1. The third-order valence-electron chi connectivity index (χ3n) is 5.02. The average Bonchev–Trinajstić information content (AvgIpc) is 3.11. The molecule has 1 aromatic carbocycles. The van der Waals surface area contributed by atoms with E-state index in [1.165, 1.54) is 16.7 Å². The van der Waals surface area contributed by atoms with Crippen LogP contribution in [0.15, 0.2) is 30.3 Å². The van der Waals surface area contributed by atoms with Crippen molar-refractivity contribution in [2.24, 2.45) is 5.73 Å². The van der Waals surface area contributed by atoms with Crippen LogP contribution < -0.4 is 11.1 Å². The van der Waals surface area contributed by atoms with Crippen LogP contribution >= 0.6 is 11.8 Å². The number of carbonyl (C=O) groups is 3. The minimum absolute atomic E-state index is 0.170. The van der Waals surface area contributed by atoms with Crippen LogP contribution in [0, 0.1) is 0 Å². The second-order valence-electron chi connectivity index (χ2n) is 6.60. The topological polar surface area (TPSA) is 92.5 Å². The van der Waals surface area contributed by atoms with Crippen LogP contribution in [0.3, 0.4) is 0 Å². The van der Waals surface area contributed by atoms with Crippen LogP contribution in [0.1, 0.15) is 31.2 Å². The number of thioether (sulfide) groups is 1. The van der Waals surface area contributed by atoms with Gasteiger partial charge in [0.15, 0.2) is 0 Å². The molecule has 0 radical (unpaired) electrons. The molecule has 3 N–H and O–H groups in total. The zero-order valence-corrected chi connectivity index (χ0v) is 14.9. The fourth-order valence-corrected chi connectivity index (χ4v) is 4.77. The minimum Gasteiger partial charge on any atom is -0.368 e. The molecule has 1 aliphatic carbocycles. The van der Waals surface area contributed by atoms with Crippen LogP contribution in [0.4, 0.5) is 0 Å². The standard InChI is InChI=1S/C18H23N3O3S/c19-16(23)14-11-25-12-15(22)21(14)18(8-4-5-9-18)17(24)20-10-13-6-2-1-3-7-13/h1-3,6-7,14H,4-5,8-12H2,(H2,19,23)(H,20,24). The van der Waals surface area contributed by atoms with Gasteiger partial charge in [0.05, 0.1) is 5.75 Å². The Kier molecular flexibility index (Phi) is 5.32. The summed E-state index contributed by atoms with van der Waals surface area (Å²) in [6.07, 6.45) is 2.88. The van der Waals surface area contributed by atoms with E-state index in [1.54, 1.807) is 0 Å². The van der Waals surface area contributed by atoms with Crippen molar-refractivity contribution in [2.75, 3.05) is 11.5 Å². The number of nitrogens with zero attached hydrogens (tertiary/aromatic N) is 1. The van der Waals surface area contributed by atoms with Gasteiger partial charge in [-0.15, -0.1) is 11.8 Å². The normalized spacial score (nSPS) is 22.6. The highest BCUT2D eigenvalue weighted by Crippen LogP contribution is 2.39. The summed E-state index contributed by atoms with van der Waals surface area (Å²) in [5, 5.41) is 2.97. The molecule has 2 aliphatic rings. The first-order chi connectivity index (χ1) is 12.0. The molecule has 6 nitrogen and oxygen atoms in total. The highest BCUT2D eigenvalue weighted by Gasteiger charge is 2.52. The van der Waals surface area contributed by atoms with Crippen LogP contribution in [0.25, 0.3) is 0 Å². The summed E-state index contributed by atoms with van der Waals surface area (Å²) in [5.74, 6) is -0.147. The van der Waals surface area contributed by atoms with Gasteiger partial charge < -0.3 is 16.0 Å². The summed E-state index contributed by atoms with van der Waals surface area (Å²) < 4.78 is 0. The fraction of sp³-hybridized carbons (Fsp3) is 0.500. The molecule has 25 heavy (non-hydrogen) atoms. The number of carbonyl (C=O) groups excluding carboxylic acids is 3. The second-order valence-corrected chi connectivity index (χ2v) is 7.63. The molecule has 1 unspecified atom stereocenters. The van der Waals surface area contributed by atoms with Crippen molar-refractivity contribution < 1.29 is 14.4 Å². The van der Waals surface area contributed by atoms with Crippen molar-refractivity contribution in [1.82, 2.24) is 10.2 Å². The lowest BCUT2D eigenvalue weighted by atomic mass is 9.91. The number of rotatable bonds is 5. The number of hydrogen-bond donors (Lipinski definition) is 2. The smallest absolute Gasteiger partial charge is 0.246 e. The molecule has 1 aliphatic heterocycles. The first-order valence-corrected chi connectivity index (χ1v) is 9.71. The van der Waals surface area contributed by atoms with E-state index in [4.69, 9.17) is 5.73 Å². The largest absolute Gasteiger partial charge is 0.368 e. The first-order valence-electron chi connectivity index (χ1n) is 8.56.